The SMILES string of the molecule is CCc1oc(C(=O)NC(C)c2cc(OC)ccc2OC)cc1C(=O)O. The average molecular weight is 347 g/mol. The van der Waals surface area contributed by atoms with Gasteiger partial charge in [0.05, 0.1) is 20.3 Å². The van der Waals surface area contributed by atoms with Crippen molar-refractivity contribution in [3.63, 3.8) is 0 Å². The van der Waals surface area contributed by atoms with Crippen molar-refractivity contribution in [3.8, 4) is 11.5 Å². The van der Waals surface area contributed by atoms with Crippen molar-refractivity contribution in [3.05, 3.63) is 46.9 Å². The number of hydrogen-bond acceptors (Lipinski definition) is 5. The van der Waals surface area contributed by atoms with Crippen LogP contribution in [0, 0.1) is 0 Å². The zero-order valence-corrected chi connectivity index (χ0v) is 14.6. The number of hydrogen-bond donors (Lipinski definition) is 2. The third kappa shape index (κ3) is 3.93. The summed E-state index contributed by atoms with van der Waals surface area (Å²) in [7, 11) is 3.09. The normalized spacial score (nSPS) is 11.7. The second kappa shape index (κ2) is 7.74. The first-order chi connectivity index (χ1) is 11.9. The summed E-state index contributed by atoms with van der Waals surface area (Å²) < 4.78 is 15.9. The summed E-state index contributed by atoms with van der Waals surface area (Å²) in [6.45, 7) is 3.55. The molecule has 1 unspecified atom stereocenters. The minimum Gasteiger partial charge on any atom is -0.497 e. The largest absolute Gasteiger partial charge is 0.497 e. The molecule has 0 saturated heterocycles. The molecule has 0 spiro atoms. The van der Waals surface area contributed by atoms with E-state index in [1.54, 1.807) is 46.3 Å². The van der Waals surface area contributed by atoms with Gasteiger partial charge in [0.1, 0.15) is 22.8 Å². The summed E-state index contributed by atoms with van der Waals surface area (Å²) in [6.07, 6.45) is 0.383. The van der Waals surface area contributed by atoms with E-state index in [1.165, 1.54) is 6.07 Å². The highest BCUT2D eigenvalue weighted by Gasteiger charge is 2.22. The van der Waals surface area contributed by atoms with Crippen LogP contribution < -0.4 is 14.8 Å². The van der Waals surface area contributed by atoms with Crippen molar-refractivity contribution in [1.82, 2.24) is 5.32 Å². The molecule has 0 fully saturated rings. The average Bonchev–Trinajstić information content (AvgIpc) is 3.05. The Morgan fingerprint density at radius 2 is 1.96 bits per heavy atom. The topological polar surface area (TPSA) is 98.0 Å². The van der Waals surface area contributed by atoms with Gasteiger partial charge in [-0.2, -0.15) is 0 Å². The molecule has 2 aromatic rings. The Kier molecular flexibility index (Phi) is 5.69. The van der Waals surface area contributed by atoms with Crippen LogP contribution in [0.4, 0.5) is 0 Å². The standard InChI is InChI=1S/C18H21NO6/c1-5-14-13(18(21)22)9-16(25-14)17(20)19-10(2)12-8-11(23-3)6-7-15(12)24-4/h6-10H,5H2,1-4H3,(H,19,20)(H,21,22). The van der Waals surface area contributed by atoms with E-state index in [-0.39, 0.29) is 17.1 Å². The zero-order valence-electron chi connectivity index (χ0n) is 14.6. The zero-order chi connectivity index (χ0) is 18.6. The smallest absolute Gasteiger partial charge is 0.339 e. The number of carboxylic acids is 1. The molecule has 7 nitrogen and oxygen atoms in total. The van der Waals surface area contributed by atoms with E-state index >= 15 is 0 Å². The highest BCUT2D eigenvalue weighted by molar-refractivity contribution is 5.96. The first-order valence-electron chi connectivity index (χ1n) is 7.80. The molecular weight excluding hydrogens is 326 g/mol. The Bertz CT molecular complexity index is 780. The maximum Gasteiger partial charge on any atom is 0.339 e. The van der Waals surface area contributed by atoms with Crippen molar-refractivity contribution in [2.45, 2.75) is 26.3 Å². The molecule has 25 heavy (non-hydrogen) atoms. The lowest BCUT2D eigenvalue weighted by atomic mass is 10.1. The summed E-state index contributed by atoms with van der Waals surface area (Å²) in [5, 5.41) is 11.9. The molecule has 0 aliphatic heterocycles. The van der Waals surface area contributed by atoms with Crippen LogP contribution in [-0.4, -0.2) is 31.2 Å². The highest BCUT2D eigenvalue weighted by atomic mass is 16.5. The lowest BCUT2D eigenvalue weighted by Crippen LogP contribution is -2.26. The van der Waals surface area contributed by atoms with E-state index in [0.29, 0.717) is 17.9 Å². The van der Waals surface area contributed by atoms with Crippen molar-refractivity contribution >= 4 is 11.9 Å². The number of amides is 1. The van der Waals surface area contributed by atoms with Crippen LogP contribution in [0.2, 0.25) is 0 Å². The third-order valence-electron chi connectivity index (χ3n) is 3.84. The molecule has 0 bridgehead atoms. The fourth-order valence-corrected chi connectivity index (χ4v) is 2.51. The molecule has 2 N–H and O–H groups in total. The van der Waals surface area contributed by atoms with Gasteiger partial charge in [0, 0.05) is 18.1 Å². The fraction of sp³-hybridized carbons (Fsp3) is 0.333. The molecule has 0 radical (unpaired) electrons. The maximum absolute atomic E-state index is 12.4. The molecule has 134 valence electrons. The molecule has 1 atom stereocenters. The van der Waals surface area contributed by atoms with Crippen molar-refractivity contribution in [2.75, 3.05) is 14.2 Å². The first kappa shape index (κ1) is 18.4. The van der Waals surface area contributed by atoms with Crippen LogP contribution in [0.25, 0.3) is 0 Å². The van der Waals surface area contributed by atoms with E-state index in [1.807, 2.05) is 0 Å². The first-order valence-corrected chi connectivity index (χ1v) is 7.80. The summed E-state index contributed by atoms with van der Waals surface area (Å²) in [5.74, 6) is -0.154. The lowest BCUT2D eigenvalue weighted by molar-refractivity contribution is 0.0694. The number of rotatable bonds is 7. The molecule has 7 heteroatoms. The highest BCUT2D eigenvalue weighted by Crippen LogP contribution is 2.29. The van der Waals surface area contributed by atoms with E-state index in [4.69, 9.17) is 19.0 Å². The van der Waals surface area contributed by atoms with Gasteiger partial charge in [-0.25, -0.2) is 4.79 Å². The number of carbonyl (C=O) groups is 2. The predicted molar refractivity (Wildman–Crippen MR) is 90.5 cm³/mol. The minimum atomic E-state index is -1.12. The number of furan rings is 1. The van der Waals surface area contributed by atoms with Crippen molar-refractivity contribution < 1.29 is 28.6 Å². The van der Waals surface area contributed by atoms with Gasteiger partial charge < -0.3 is 24.3 Å². The predicted octanol–water partition coefficient (Wildman–Crippen LogP) is 3.05. The summed E-state index contributed by atoms with van der Waals surface area (Å²) >= 11 is 0. The number of nitrogens with one attached hydrogen (secondary N) is 1. The molecule has 2 rings (SSSR count). The van der Waals surface area contributed by atoms with Gasteiger partial charge in [0.25, 0.3) is 5.91 Å². The second-order valence-corrected chi connectivity index (χ2v) is 5.41. The van der Waals surface area contributed by atoms with Crippen LogP contribution in [-0.2, 0) is 6.42 Å². The Labute approximate surface area is 145 Å². The monoisotopic (exact) mass is 347 g/mol. The van der Waals surface area contributed by atoms with Crippen molar-refractivity contribution in [2.24, 2.45) is 0 Å². The molecule has 0 saturated carbocycles. The van der Waals surface area contributed by atoms with Crippen LogP contribution in [0.1, 0.15) is 52.1 Å². The van der Waals surface area contributed by atoms with Crippen LogP contribution in [0.3, 0.4) is 0 Å². The quantitative estimate of drug-likeness (QED) is 0.799. The van der Waals surface area contributed by atoms with Gasteiger partial charge >= 0.3 is 5.97 Å². The van der Waals surface area contributed by atoms with Gasteiger partial charge in [-0.05, 0) is 25.1 Å². The minimum absolute atomic E-state index is 0.000682. The van der Waals surface area contributed by atoms with E-state index in [2.05, 4.69) is 5.32 Å². The molecule has 1 aromatic carbocycles. The molecule has 1 amide bonds. The van der Waals surface area contributed by atoms with Crippen LogP contribution >= 0.6 is 0 Å². The number of methoxy groups -OCH3 is 2. The summed E-state index contributed by atoms with van der Waals surface area (Å²) in [4.78, 5) is 23.6. The molecule has 0 aliphatic carbocycles. The van der Waals surface area contributed by atoms with Gasteiger partial charge in [-0.3, -0.25) is 4.79 Å². The Morgan fingerprint density at radius 1 is 1.24 bits per heavy atom. The fourth-order valence-electron chi connectivity index (χ4n) is 2.51. The third-order valence-corrected chi connectivity index (χ3v) is 3.84. The number of aromatic carboxylic acids is 1. The number of ether oxygens (including phenoxy) is 2. The van der Waals surface area contributed by atoms with Gasteiger partial charge in [-0.15, -0.1) is 0 Å². The second-order valence-electron chi connectivity index (χ2n) is 5.41. The van der Waals surface area contributed by atoms with E-state index in [9.17, 15) is 9.59 Å². The summed E-state index contributed by atoms with van der Waals surface area (Å²) in [6, 6.07) is 6.12. The number of carbonyl (C=O) groups excluding carboxylic acids is 1. The summed E-state index contributed by atoms with van der Waals surface area (Å²) in [5.41, 5.74) is 0.732. The molecule has 1 aromatic heterocycles. The lowest BCUT2D eigenvalue weighted by Gasteiger charge is -2.17. The van der Waals surface area contributed by atoms with Crippen molar-refractivity contribution in [1.29, 1.82) is 0 Å². The van der Waals surface area contributed by atoms with Gasteiger partial charge in [0.15, 0.2) is 5.76 Å². The maximum atomic E-state index is 12.4. The Hall–Kier alpha value is -2.96. The van der Waals surface area contributed by atoms with Crippen LogP contribution in [0.15, 0.2) is 28.7 Å². The van der Waals surface area contributed by atoms with Crippen LogP contribution in [0.5, 0.6) is 11.5 Å². The molecule has 0 aliphatic rings. The Balaban J connectivity index is 2.24. The number of aryl methyl sites for hydroxylation is 1. The Morgan fingerprint density at radius 3 is 2.48 bits per heavy atom. The number of carboxylic acid groups (broad SMARTS) is 1. The van der Waals surface area contributed by atoms with E-state index in [0.717, 1.165) is 5.56 Å². The molecular formula is C18H21NO6. The number of benzene rings is 1. The van der Waals surface area contributed by atoms with Gasteiger partial charge in [0.2, 0.25) is 0 Å². The molecule has 1 heterocycles. The van der Waals surface area contributed by atoms with Gasteiger partial charge in [-0.1, -0.05) is 6.92 Å². The van der Waals surface area contributed by atoms with E-state index < -0.39 is 17.9 Å².